The highest BCUT2D eigenvalue weighted by atomic mass is 35.5. The molecule has 1 aliphatic heterocycles. The molecule has 7 heteroatoms. The van der Waals surface area contributed by atoms with Crippen LogP contribution in [0.3, 0.4) is 0 Å². The second-order valence-corrected chi connectivity index (χ2v) is 6.22. The van der Waals surface area contributed by atoms with Crippen LogP contribution in [0.1, 0.15) is 37.2 Å². The van der Waals surface area contributed by atoms with Gasteiger partial charge in [-0.05, 0) is 31.9 Å². The average Bonchev–Trinajstić information content (AvgIpc) is 2.86. The van der Waals surface area contributed by atoms with Crippen LogP contribution in [-0.4, -0.2) is 41.4 Å². The van der Waals surface area contributed by atoms with Crippen molar-refractivity contribution < 1.29 is 14.0 Å². The summed E-state index contributed by atoms with van der Waals surface area (Å²) in [4.78, 5) is 25.5. The van der Waals surface area contributed by atoms with Crippen molar-refractivity contribution in [2.24, 2.45) is 5.73 Å². The molecular weight excluding hydrogens is 306 g/mol. The molecule has 2 amide bonds. The summed E-state index contributed by atoms with van der Waals surface area (Å²) in [6.07, 6.45) is 1.46. The first-order valence-corrected chi connectivity index (χ1v) is 7.31. The summed E-state index contributed by atoms with van der Waals surface area (Å²) in [5, 5.41) is 3.01. The molecular formula is C15H22ClN3O3. The van der Waals surface area contributed by atoms with Crippen LogP contribution in [0, 0.1) is 6.92 Å². The number of halogens is 1. The third-order valence-electron chi connectivity index (χ3n) is 4.45. The minimum atomic E-state index is -0.701. The van der Waals surface area contributed by atoms with Crippen molar-refractivity contribution in [1.82, 2.24) is 10.2 Å². The van der Waals surface area contributed by atoms with Crippen LogP contribution in [0.15, 0.2) is 16.5 Å². The lowest BCUT2D eigenvalue weighted by Crippen LogP contribution is -2.49. The quantitative estimate of drug-likeness (QED) is 0.864. The number of nitrogens with zero attached hydrogens (tertiary/aromatic N) is 1. The van der Waals surface area contributed by atoms with E-state index in [9.17, 15) is 9.59 Å². The van der Waals surface area contributed by atoms with Crippen molar-refractivity contribution in [1.29, 1.82) is 0 Å². The monoisotopic (exact) mass is 327 g/mol. The molecule has 2 atom stereocenters. The number of carbonyl (C=O) groups is 2. The lowest BCUT2D eigenvalue weighted by atomic mass is 10.0. The van der Waals surface area contributed by atoms with Gasteiger partial charge in [0, 0.05) is 20.0 Å². The molecule has 2 aliphatic rings. The van der Waals surface area contributed by atoms with Crippen molar-refractivity contribution in [3.05, 3.63) is 23.7 Å². The van der Waals surface area contributed by atoms with Gasteiger partial charge in [0.15, 0.2) is 0 Å². The molecule has 2 heterocycles. The normalized spacial score (nSPS) is 25.5. The number of aryl methyl sites for hydroxylation is 1. The number of likely N-dealkylation sites (tertiary alicyclic amines) is 1. The number of hydrogen-bond donors (Lipinski definition) is 2. The van der Waals surface area contributed by atoms with Gasteiger partial charge in [0.05, 0.1) is 17.5 Å². The Balaban J connectivity index is 0.00000176. The standard InChI is InChI=1S/C15H21N3O3.ClH/c1-9-3-4-13(21-9)11-7-18(10(2)19)8-12(11)17-14(20)15(16)5-6-15;/h3-4,11-12H,5-8,16H2,1-2H3,(H,17,20);1H/t11-,12-;/m0./s1. The number of rotatable bonds is 3. The van der Waals surface area contributed by atoms with Crippen LogP contribution in [0.25, 0.3) is 0 Å². The largest absolute Gasteiger partial charge is 0.466 e. The maximum absolute atomic E-state index is 12.2. The molecule has 22 heavy (non-hydrogen) atoms. The van der Waals surface area contributed by atoms with Crippen molar-refractivity contribution in [2.45, 2.75) is 44.2 Å². The van der Waals surface area contributed by atoms with Crippen LogP contribution in [-0.2, 0) is 9.59 Å². The van der Waals surface area contributed by atoms with Crippen LogP contribution in [0.5, 0.6) is 0 Å². The van der Waals surface area contributed by atoms with E-state index in [1.165, 1.54) is 0 Å². The Morgan fingerprint density at radius 1 is 1.36 bits per heavy atom. The highest BCUT2D eigenvalue weighted by molar-refractivity contribution is 5.89. The van der Waals surface area contributed by atoms with Gasteiger partial charge in [-0.3, -0.25) is 9.59 Å². The molecule has 0 bridgehead atoms. The van der Waals surface area contributed by atoms with E-state index in [1.54, 1.807) is 11.8 Å². The summed E-state index contributed by atoms with van der Waals surface area (Å²) in [6, 6.07) is 3.67. The molecule has 0 radical (unpaired) electrons. The molecule has 3 N–H and O–H groups in total. The minimum Gasteiger partial charge on any atom is -0.466 e. The molecule has 0 aromatic carbocycles. The molecule has 1 saturated heterocycles. The fraction of sp³-hybridized carbons (Fsp3) is 0.600. The zero-order valence-corrected chi connectivity index (χ0v) is 13.6. The summed E-state index contributed by atoms with van der Waals surface area (Å²) in [7, 11) is 0. The van der Waals surface area contributed by atoms with Gasteiger partial charge in [-0.25, -0.2) is 0 Å². The molecule has 0 spiro atoms. The van der Waals surface area contributed by atoms with Gasteiger partial charge in [-0.1, -0.05) is 0 Å². The zero-order chi connectivity index (χ0) is 15.2. The van der Waals surface area contributed by atoms with E-state index in [4.69, 9.17) is 10.2 Å². The van der Waals surface area contributed by atoms with Crippen LogP contribution < -0.4 is 11.1 Å². The molecule has 1 aliphatic carbocycles. The Bertz CT molecular complexity index is 582. The predicted molar refractivity (Wildman–Crippen MR) is 83.8 cm³/mol. The second kappa shape index (κ2) is 5.93. The van der Waals surface area contributed by atoms with Crippen LogP contribution in [0.2, 0.25) is 0 Å². The third-order valence-corrected chi connectivity index (χ3v) is 4.45. The van der Waals surface area contributed by atoms with Crippen LogP contribution >= 0.6 is 12.4 Å². The van der Waals surface area contributed by atoms with Crippen molar-refractivity contribution in [3.63, 3.8) is 0 Å². The highest BCUT2D eigenvalue weighted by Gasteiger charge is 2.48. The van der Waals surface area contributed by atoms with E-state index in [2.05, 4.69) is 5.32 Å². The fourth-order valence-electron chi connectivity index (χ4n) is 2.82. The predicted octanol–water partition coefficient (Wildman–Crippen LogP) is 0.932. The lowest BCUT2D eigenvalue weighted by molar-refractivity contribution is -0.128. The summed E-state index contributed by atoms with van der Waals surface area (Å²) in [5.41, 5.74) is 5.23. The Kier molecular flexibility index (Phi) is 4.54. The van der Waals surface area contributed by atoms with Crippen molar-refractivity contribution in [3.8, 4) is 0 Å². The van der Waals surface area contributed by atoms with E-state index in [0.29, 0.717) is 13.1 Å². The molecule has 122 valence electrons. The second-order valence-electron chi connectivity index (χ2n) is 6.22. The number of hydrogen-bond acceptors (Lipinski definition) is 4. The molecule has 1 saturated carbocycles. The number of furan rings is 1. The first-order chi connectivity index (χ1) is 9.89. The fourth-order valence-corrected chi connectivity index (χ4v) is 2.82. The number of nitrogens with two attached hydrogens (primary N) is 1. The van der Waals surface area contributed by atoms with E-state index in [-0.39, 0.29) is 36.2 Å². The van der Waals surface area contributed by atoms with Crippen molar-refractivity contribution in [2.75, 3.05) is 13.1 Å². The Morgan fingerprint density at radius 3 is 2.55 bits per heavy atom. The van der Waals surface area contributed by atoms with E-state index in [0.717, 1.165) is 24.4 Å². The van der Waals surface area contributed by atoms with Gasteiger partial charge in [0.25, 0.3) is 0 Å². The number of amides is 2. The Morgan fingerprint density at radius 2 is 2.05 bits per heavy atom. The molecule has 3 rings (SSSR count). The van der Waals surface area contributed by atoms with E-state index < -0.39 is 5.54 Å². The van der Waals surface area contributed by atoms with Gasteiger partial charge in [0.1, 0.15) is 11.5 Å². The van der Waals surface area contributed by atoms with E-state index >= 15 is 0 Å². The summed E-state index contributed by atoms with van der Waals surface area (Å²) in [5.74, 6) is 1.51. The van der Waals surface area contributed by atoms with Gasteiger partial charge in [0.2, 0.25) is 11.8 Å². The van der Waals surface area contributed by atoms with Gasteiger partial charge in [-0.2, -0.15) is 0 Å². The van der Waals surface area contributed by atoms with Crippen molar-refractivity contribution >= 4 is 24.2 Å². The van der Waals surface area contributed by atoms with Gasteiger partial charge in [-0.15, -0.1) is 12.4 Å². The maximum atomic E-state index is 12.2. The topological polar surface area (TPSA) is 88.6 Å². The minimum absolute atomic E-state index is 0. The molecule has 1 aromatic heterocycles. The van der Waals surface area contributed by atoms with Crippen LogP contribution in [0.4, 0.5) is 0 Å². The smallest absolute Gasteiger partial charge is 0.240 e. The molecule has 6 nitrogen and oxygen atoms in total. The molecule has 1 aromatic rings. The summed E-state index contributed by atoms with van der Waals surface area (Å²) >= 11 is 0. The molecule has 2 fully saturated rings. The average molecular weight is 328 g/mol. The Labute approximate surface area is 135 Å². The summed E-state index contributed by atoms with van der Waals surface area (Å²) in [6.45, 7) is 4.49. The first kappa shape index (κ1) is 16.8. The van der Waals surface area contributed by atoms with E-state index in [1.807, 2.05) is 19.1 Å². The Hall–Kier alpha value is -1.53. The summed E-state index contributed by atoms with van der Waals surface area (Å²) < 4.78 is 5.69. The van der Waals surface area contributed by atoms with Gasteiger partial charge < -0.3 is 20.4 Å². The zero-order valence-electron chi connectivity index (χ0n) is 12.8. The maximum Gasteiger partial charge on any atom is 0.240 e. The first-order valence-electron chi connectivity index (χ1n) is 7.31. The third kappa shape index (κ3) is 3.13. The molecule has 0 unspecified atom stereocenters. The number of carbonyl (C=O) groups excluding carboxylic acids is 2. The SMILES string of the molecule is CC(=O)N1C[C@H](NC(=O)C2(N)CC2)[C@@H](c2ccc(C)o2)C1.Cl. The number of nitrogens with one attached hydrogen (secondary N) is 1. The lowest BCUT2D eigenvalue weighted by Gasteiger charge is -2.20. The van der Waals surface area contributed by atoms with Gasteiger partial charge >= 0.3 is 0 Å². The highest BCUT2D eigenvalue weighted by Crippen LogP contribution is 2.34.